The topological polar surface area (TPSA) is 15.3 Å². The van der Waals surface area contributed by atoms with Gasteiger partial charge in [-0.1, -0.05) is 34.1 Å². The predicted octanol–water partition coefficient (Wildman–Crippen LogP) is 3.86. The molecule has 1 aliphatic rings. The van der Waals surface area contributed by atoms with Gasteiger partial charge in [-0.05, 0) is 57.5 Å². The lowest BCUT2D eigenvalue weighted by Crippen LogP contribution is -2.37. The van der Waals surface area contributed by atoms with Gasteiger partial charge >= 0.3 is 0 Å². The molecule has 1 aromatic rings. The first-order chi connectivity index (χ1) is 8.68. The van der Waals surface area contributed by atoms with Gasteiger partial charge in [-0.3, -0.25) is 4.90 Å². The third kappa shape index (κ3) is 4.75. The maximum atomic E-state index is 3.65. The van der Waals surface area contributed by atoms with Gasteiger partial charge < -0.3 is 5.32 Å². The minimum atomic E-state index is 0. The van der Waals surface area contributed by atoms with Crippen molar-refractivity contribution >= 4 is 28.3 Å². The standard InChI is InChI=1S/C15H23BrN2.ClH/c1-12(14-7-3-4-8-15(14)16)18(2)11-13-6-5-9-17-10-13;/h3-4,7-8,12-13,17H,5-6,9-11H2,1-2H3;1H. The van der Waals surface area contributed by atoms with Gasteiger partial charge in [0.1, 0.15) is 0 Å². The van der Waals surface area contributed by atoms with Crippen molar-refractivity contribution in [3.63, 3.8) is 0 Å². The van der Waals surface area contributed by atoms with Gasteiger partial charge in [0.25, 0.3) is 0 Å². The zero-order chi connectivity index (χ0) is 13.0. The van der Waals surface area contributed by atoms with Crippen LogP contribution in [0.2, 0.25) is 0 Å². The Labute approximate surface area is 131 Å². The fraction of sp³-hybridized carbons (Fsp3) is 0.600. The number of hydrogen-bond donors (Lipinski definition) is 1. The van der Waals surface area contributed by atoms with Crippen LogP contribution in [0.5, 0.6) is 0 Å². The van der Waals surface area contributed by atoms with Crippen molar-refractivity contribution in [1.29, 1.82) is 0 Å². The summed E-state index contributed by atoms with van der Waals surface area (Å²) in [6, 6.07) is 8.99. The van der Waals surface area contributed by atoms with E-state index in [0.29, 0.717) is 6.04 Å². The van der Waals surface area contributed by atoms with Crippen LogP contribution in [0.4, 0.5) is 0 Å². The molecule has 0 spiro atoms. The Bertz CT molecular complexity index is 380. The van der Waals surface area contributed by atoms with Crippen LogP contribution >= 0.6 is 28.3 Å². The number of nitrogens with zero attached hydrogens (tertiary/aromatic N) is 1. The lowest BCUT2D eigenvalue weighted by molar-refractivity contribution is 0.199. The van der Waals surface area contributed by atoms with Crippen LogP contribution in [0.25, 0.3) is 0 Å². The number of hydrogen-bond acceptors (Lipinski definition) is 2. The van der Waals surface area contributed by atoms with E-state index in [9.17, 15) is 0 Å². The van der Waals surface area contributed by atoms with Gasteiger partial charge in [-0.25, -0.2) is 0 Å². The lowest BCUT2D eigenvalue weighted by atomic mass is 9.98. The minimum Gasteiger partial charge on any atom is -0.316 e. The number of halogens is 2. The molecule has 0 aromatic heterocycles. The summed E-state index contributed by atoms with van der Waals surface area (Å²) >= 11 is 3.65. The molecule has 0 amide bonds. The van der Waals surface area contributed by atoms with Crippen LogP contribution in [0.3, 0.4) is 0 Å². The van der Waals surface area contributed by atoms with E-state index in [-0.39, 0.29) is 12.4 Å². The minimum absolute atomic E-state index is 0. The van der Waals surface area contributed by atoms with Crippen LogP contribution in [-0.4, -0.2) is 31.6 Å². The van der Waals surface area contributed by atoms with Crippen LogP contribution in [0.1, 0.15) is 31.4 Å². The third-order valence-corrected chi connectivity index (χ3v) is 4.68. The third-order valence-electron chi connectivity index (χ3n) is 3.96. The van der Waals surface area contributed by atoms with E-state index in [2.05, 4.69) is 64.4 Å². The maximum Gasteiger partial charge on any atom is 0.0328 e. The molecule has 2 atom stereocenters. The first kappa shape index (κ1) is 17.0. The molecular formula is C15H24BrClN2. The number of rotatable bonds is 4. The Kier molecular flexibility index (Phi) is 7.37. The van der Waals surface area contributed by atoms with Crippen molar-refractivity contribution in [3.8, 4) is 0 Å². The molecule has 1 saturated heterocycles. The summed E-state index contributed by atoms with van der Waals surface area (Å²) < 4.78 is 1.21. The summed E-state index contributed by atoms with van der Waals surface area (Å²) in [4.78, 5) is 2.47. The second kappa shape index (κ2) is 8.25. The molecule has 1 fully saturated rings. The number of piperidine rings is 1. The number of nitrogens with one attached hydrogen (secondary N) is 1. The molecule has 2 nitrogen and oxygen atoms in total. The second-order valence-corrected chi connectivity index (χ2v) is 6.20. The monoisotopic (exact) mass is 346 g/mol. The van der Waals surface area contributed by atoms with Gasteiger partial charge in [0.15, 0.2) is 0 Å². The first-order valence-corrected chi connectivity index (χ1v) is 7.63. The van der Waals surface area contributed by atoms with Crippen LogP contribution in [0, 0.1) is 5.92 Å². The predicted molar refractivity (Wildman–Crippen MR) is 88.0 cm³/mol. The van der Waals surface area contributed by atoms with Crippen molar-refractivity contribution in [2.45, 2.75) is 25.8 Å². The lowest BCUT2D eigenvalue weighted by Gasteiger charge is -2.32. The van der Waals surface area contributed by atoms with Crippen molar-refractivity contribution in [2.75, 3.05) is 26.7 Å². The molecular weight excluding hydrogens is 324 g/mol. The molecule has 1 heterocycles. The molecule has 0 aliphatic carbocycles. The molecule has 1 aromatic carbocycles. The van der Waals surface area contributed by atoms with Gasteiger partial charge in [-0.2, -0.15) is 0 Å². The summed E-state index contributed by atoms with van der Waals surface area (Å²) in [5.41, 5.74) is 1.38. The van der Waals surface area contributed by atoms with E-state index < -0.39 is 0 Å². The van der Waals surface area contributed by atoms with Crippen LogP contribution < -0.4 is 5.32 Å². The molecule has 4 heteroatoms. The molecule has 19 heavy (non-hydrogen) atoms. The Morgan fingerprint density at radius 2 is 2.16 bits per heavy atom. The van der Waals surface area contributed by atoms with Crippen LogP contribution in [0.15, 0.2) is 28.7 Å². The molecule has 1 N–H and O–H groups in total. The van der Waals surface area contributed by atoms with Crippen molar-refractivity contribution in [3.05, 3.63) is 34.3 Å². The second-order valence-electron chi connectivity index (χ2n) is 5.35. The zero-order valence-corrected chi connectivity index (χ0v) is 14.1. The van der Waals surface area contributed by atoms with E-state index in [1.165, 1.54) is 42.5 Å². The summed E-state index contributed by atoms with van der Waals surface area (Å²) in [6.45, 7) is 5.83. The van der Waals surface area contributed by atoms with Crippen LogP contribution in [-0.2, 0) is 0 Å². The van der Waals surface area contributed by atoms with E-state index >= 15 is 0 Å². The van der Waals surface area contributed by atoms with Gasteiger partial charge in [0.2, 0.25) is 0 Å². The average Bonchev–Trinajstić information content (AvgIpc) is 2.39. The van der Waals surface area contributed by atoms with E-state index in [0.717, 1.165) is 5.92 Å². The summed E-state index contributed by atoms with van der Waals surface area (Å²) in [5.74, 6) is 0.800. The molecule has 108 valence electrons. The highest BCUT2D eigenvalue weighted by Gasteiger charge is 2.19. The van der Waals surface area contributed by atoms with Gasteiger partial charge in [0.05, 0.1) is 0 Å². The first-order valence-electron chi connectivity index (χ1n) is 6.84. The summed E-state index contributed by atoms with van der Waals surface area (Å²) in [6.07, 6.45) is 2.68. The SMILES string of the molecule is CC(c1ccccc1Br)N(C)CC1CCCNC1.Cl. The van der Waals surface area contributed by atoms with Crippen molar-refractivity contribution in [2.24, 2.45) is 5.92 Å². The highest BCUT2D eigenvalue weighted by Crippen LogP contribution is 2.27. The molecule has 2 rings (SSSR count). The Balaban J connectivity index is 0.00000180. The smallest absolute Gasteiger partial charge is 0.0328 e. The molecule has 2 unspecified atom stereocenters. The van der Waals surface area contributed by atoms with E-state index in [4.69, 9.17) is 0 Å². The number of benzene rings is 1. The summed E-state index contributed by atoms with van der Waals surface area (Å²) in [7, 11) is 2.23. The van der Waals surface area contributed by atoms with E-state index in [1.807, 2.05) is 0 Å². The van der Waals surface area contributed by atoms with Gasteiger partial charge in [0, 0.05) is 17.1 Å². The van der Waals surface area contributed by atoms with Crippen molar-refractivity contribution < 1.29 is 0 Å². The normalized spacial score (nSPS) is 20.9. The zero-order valence-electron chi connectivity index (χ0n) is 11.7. The Morgan fingerprint density at radius 1 is 1.42 bits per heavy atom. The summed E-state index contributed by atoms with van der Waals surface area (Å²) in [5, 5.41) is 3.49. The molecule has 0 bridgehead atoms. The highest BCUT2D eigenvalue weighted by atomic mass is 79.9. The van der Waals surface area contributed by atoms with Crippen molar-refractivity contribution in [1.82, 2.24) is 10.2 Å². The Morgan fingerprint density at radius 3 is 2.79 bits per heavy atom. The highest BCUT2D eigenvalue weighted by molar-refractivity contribution is 9.10. The van der Waals surface area contributed by atoms with E-state index in [1.54, 1.807) is 0 Å². The van der Waals surface area contributed by atoms with Gasteiger partial charge in [-0.15, -0.1) is 12.4 Å². The molecule has 1 aliphatic heterocycles. The maximum absolute atomic E-state index is 3.65. The average molecular weight is 348 g/mol. The molecule has 0 saturated carbocycles. The quantitative estimate of drug-likeness (QED) is 0.889. The largest absolute Gasteiger partial charge is 0.316 e. The molecule has 0 radical (unpaired) electrons. The Hall–Kier alpha value is -0.0900. The fourth-order valence-electron chi connectivity index (χ4n) is 2.70. The fourth-order valence-corrected chi connectivity index (χ4v) is 3.31.